The lowest BCUT2D eigenvalue weighted by Gasteiger charge is -2.28. The summed E-state index contributed by atoms with van der Waals surface area (Å²) in [5.74, 6) is 7.11. The highest BCUT2D eigenvalue weighted by Gasteiger charge is 2.46. The van der Waals surface area contributed by atoms with Crippen molar-refractivity contribution in [2.24, 2.45) is 0 Å². The average molecular weight is 437 g/mol. The number of rotatable bonds is 5. The van der Waals surface area contributed by atoms with Gasteiger partial charge >= 0.3 is 0 Å². The van der Waals surface area contributed by atoms with Gasteiger partial charge in [-0.1, -0.05) is 37.3 Å². The maximum absolute atomic E-state index is 12.5. The Morgan fingerprint density at radius 2 is 1.86 bits per heavy atom. The van der Waals surface area contributed by atoms with Crippen molar-refractivity contribution < 1.29 is 27.2 Å². The van der Waals surface area contributed by atoms with Crippen LogP contribution in [0.4, 0.5) is 0 Å². The van der Waals surface area contributed by atoms with E-state index in [9.17, 15) is 13.5 Å². The van der Waals surface area contributed by atoms with Crippen molar-refractivity contribution in [3.8, 4) is 23.3 Å². The minimum Gasteiger partial charge on any atom is -0.373 e. The highest BCUT2D eigenvalue weighted by Crippen LogP contribution is 2.30. The molecule has 1 N–H and O–H groups in total. The van der Waals surface area contributed by atoms with Crippen LogP contribution in [0.25, 0.3) is 0 Å². The molecule has 1 aromatic rings. The van der Waals surface area contributed by atoms with E-state index in [2.05, 4.69) is 42.9 Å². The third-order valence-corrected chi connectivity index (χ3v) is 6.22. The van der Waals surface area contributed by atoms with E-state index in [0.717, 1.165) is 5.56 Å². The third kappa shape index (κ3) is 6.97. The third-order valence-electron chi connectivity index (χ3n) is 4.06. The Morgan fingerprint density at radius 3 is 2.38 bits per heavy atom. The molecule has 0 radical (unpaired) electrons. The van der Waals surface area contributed by atoms with Crippen LogP contribution >= 0.6 is 0 Å². The summed E-state index contributed by atoms with van der Waals surface area (Å²) in [6.45, 7) is 10.9. The lowest BCUT2D eigenvalue weighted by molar-refractivity contribution is -0.163. The molecule has 0 aliphatic carbocycles. The number of aliphatic hydroxyl groups is 1. The first-order chi connectivity index (χ1) is 13.2. The van der Waals surface area contributed by atoms with Crippen molar-refractivity contribution in [2.75, 3.05) is 13.2 Å². The van der Waals surface area contributed by atoms with Gasteiger partial charge < -0.3 is 14.6 Å². The van der Waals surface area contributed by atoms with Gasteiger partial charge in [0.25, 0.3) is 10.1 Å². The van der Waals surface area contributed by atoms with Gasteiger partial charge in [-0.2, -0.15) is 8.42 Å². The van der Waals surface area contributed by atoms with Gasteiger partial charge in [0, 0.05) is 0 Å². The summed E-state index contributed by atoms with van der Waals surface area (Å²) in [5.41, 5.74) is 2.10. The molecule has 0 spiro atoms. The number of hydrogen-bond acceptors (Lipinski definition) is 6. The Hall–Kier alpha value is -1.65. The van der Waals surface area contributed by atoms with Gasteiger partial charge in [-0.05, 0) is 50.7 Å². The van der Waals surface area contributed by atoms with Gasteiger partial charge in [-0.25, -0.2) is 0 Å². The molecule has 1 fully saturated rings. The van der Waals surface area contributed by atoms with Gasteiger partial charge in [0.05, 0.1) is 11.5 Å². The fraction of sp³-hybridized carbons (Fsp3) is 0.524. The van der Waals surface area contributed by atoms with Crippen LogP contribution < -0.4 is 0 Å². The summed E-state index contributed by atoms with van der Waals surface area (Å²) >= 11 is 0. The summed E-state index contributed by atoms with van der Waals surface area (Å²) in [7, 11) is -5.71. The van der Waals surface area contributed by atoms with Crippen LogP contribution in [-0.4, -0.2) is 52.3 Å². The topological polar surface area (TPSA) is 82.1 Å². The van der Waals surface area contributed by atoms with E-state index >= 15 is 0 Å². The predicted octanol–water partition coefficient (Wildman–Crippen LogP) is 2.47. The Balaban J connectivity index is 2.26. The molecule has 1 aliphatic rings. The predicted molar refractivity (Wildman–Crippen MR) is 113 cm³/mol. The number of hydrogen-bond donors (Lipinski definition) is 1. The number of ether oxygens (including phenoxy) is 2. The first-order valence-electron chi connectivity index (χ1n) is 9.27. The lowest BCUT2D eigenvalue weighted by atomic mass is 9.99. The van der Waals surface area contributed by atoms with Crippen LogP contribution in [0.2, 0.25) is 19.6 Å². The normalized spacial score (nSPS) is 20.7. The molecular formula is C21H28O6SSi. The summed E-state index contributed by atoms with van der Waals surface area (Å²) in [6.07, 6.45) is -0.883. The Labute approximate surface area is 174 Å². The summed E-state index contributed by atoms with van der Waals surface area (Å²) in [6, 6.07) is 6.25. The first kappa shape index (κ1) is 23.6. The zero-order chi connectivity index (χ0) is 21.9. The van der Waals surface area contributed by atoms with Gasteiger partial charge in [0.2, 0.25) is 0 Å². The van der Waals surface area contributed by atoms with Crippen LogP contribution in [0.1, 0.15) is 19.4 Å². The van der Waals surface area contributed by atoms with Crippen molar-refractivity contribution in [3.05, 3.63) is 29.8 Å². The van der Waals surface area contributed by atoms with E-state index < -0.39 is 42.3 Å². The molecule has 0 amide bonds. The van der Waals surface area contributed by atoms with Crippen LogP contribution in [0.3, 0.4) is 0 Å². The minimum absolute atomic E-state index is 0.000790. The van der Waals surface area contributed by atoms with Gasteiger partial charge in [0.1, 0.15) is 20.8 Å². The molecule has 1 aliphatic heterocycles. The molecule has 8 heteroatoms. The van der Waals surface area contributed by atoms with Crippen LogP contribution in [0, 0.1) is 30.2 Å². The maximum atomic E-state index is 12.5. The quantitative estimate of drug-likeness (QED) is 0.434. The first-order valence-corrected chi connectivity index (χ1v) is 14.2. The van der Waals surface area contributed by atoms with Gasteiger partial charge in [0.15, 0.2) is 11.4 Å². The highest BCUT2D eigenvalue weighted by atomic mass is 32.2. The summed E-state index contributed by atoms with van der Waals surface area (Å²) in [5, 5.41) is 11.1. The Morgan fingerprint density at radius 1 is 1.24 bits per heavy atom. The van der Waals surface area contributed by atoms with Crippen LogP contribution in [0.15, 0.2) is 29.2 Å². The average Bonchev–Trinajstić information content (AvgIpc) is 2.97. The van der Waals surface area contributed by atoms with Crippen molar-refractivity contribution >= 4 is 18.2 Å². The van der Waals surface area contributed by atoms with Crippen molar-refractivity contribution in [1.82, 2.24) is 0 Å². The molecule has 6 nitrogen and oxygen atoms in total. The van der Waals surface area contributed by atoms with E-state index in [0.29, 0.717) is 0 Å². The van der Waals surface area contributed by atoms with E-state index in [1.165, 1.54) is 12.1 Å². The number of benzene rings is 1. The maximum Gasteiger partial charge on any atom is 0.297 e. The van der Waals surface area contributed by atoms with Gasteiger partial charge in [-0.3, -0.25) is 4.18 Å². The fourth-order valence-electron chi connectivity index (χ4n) is 2.43. The highest BCUT2D eigenvalue weighted by molar-refractivity contribution is 7.86. The second-order valence-electron chi connectivity index (χ2n) is 8.52. The molecule has 0 aromatic heterocycles. The van der Waals surface area contributed by atoms with E-state index in [4.69, 9.17) is 13.7 Å². The fourth-order valence-corrected chi connectivity index (χ4v) is 3.81. The van der Waals surface area contributed by atoms with Crippen LogP contribution in [0.5, 0.6) is 0 Å². The van der Waals surface area contributed by atoms with Gasteiger partial charge in [-0.15, -0.1) is 5.54 Å². The Kier molecular flexibility index (Phi) is 7.01. The largest absolute Gasteiger partial charge is 0.373 e. The van der Waals surface area contributed by atoms with Crippen molar-refractivity contribution in [3.63, 3.8) is 0 Å². The SMILES string of the molecule is Cc1ccc(S(=O)(=O)OC[C@](O)(C#CC#C[Si](C)(C)C)[C@H]2COC(C)(C)O2)cc1. The second kappa shape index (κ2) is 8.61. The molecule has 0 unspecified atom stereocenters. The van der Waals surface area contributed by atoms with Crippen molar-refractivity contribution in [1.29, 1.82) is 0 Å². The van der Waals surface area contributed by atoms with E-state index in [1.807, 2.05) is 6.92 Å². The number of aryl methyl sites for hydroxylation is 1. The zero-order valence-electron chi connectivity index (χ0n) is 17.7. The molecule has 0 bridgehead atoms. The van der Waals surface area contributed by atoms with E-state index in [-0.39, 0.29) is 11.5 Å². The molecule has 1 aromatic carbocycles. The molecule has 158 valence electrons. The molecule has 1 heterocycles. The van der Waals surface area contributed by atoms with Crippen LogP contribution in [-0.2, 0) is 23.8 Å². The second-order valence-corrected chi connectivity index (χ2v) is 14.9. The summed E-state index contributed by atoms with van der Waals surface area (Å²) < 4.78 is 41.4. The minimum atomic E-state index is -4.08. The zero-order valence-corrected chi connectivity index (χ0v) is 19.5. The summed E-state index contributed by atoms with van der Waals surface area (Å²) in [4.78, 5) is 0.000790. The molecule has 1 saturated heterocycles. The Bertz CT molecular complexity index is 955. The van der Waals surface area contributed by atoms with E-state index in [1.54, 1.807) is 26.0 Å². The lowest BCUT2D eigenvalue weighted by Crippen LogP contribution is -2.48. The standard InChI is InChI=1S/C21H28O6SSi/c1-17-9-11-18(12-10-17)28(23,24)26-16-21(22,13-7-8-14-29(4,5)6)19-15-25-20(2,3)27-19/h9-12,19,22H,15-16H2,1-6H3/t19-,21-/m1/s1. The molecule has 2 atom stereocenters. The molecule has 0 saturated carbocycles. The molecular weight excluding hydrogens is 408 g/mol. The molecule has 29 heavy (non-hydrogen) atoms. The van der Waals surface area contributed by atoms with Crippen molar-refractivity contribution in [2.45, 2.75) is 62.8 Å². The molecule has 2 rings (SSSR count). The smallest absolute Gasteiger partial charge is 0.297 e. The monoisotopic (exact) mass is 436 g/mol.